The van der Waals surface area contributed by atoms with E-state index < -0.39 is 11.6 Å². The van der Waals surface area contributed by atoms with E-state index >= 15 is 0 Å². The smallest absolute Gasteiger partial charge is 0.222 e. The number of halogens is 2. The van der Waals surface area contributed by atoms with Crippen LogP contribution in [0.5, 0.6) is 0 Å². The molecule has 0 spiro atoms. The van der Waals surface area contributed by atoms with Crippen LogP contribution in [0.25, 0.3) is 22.4 Å². The lowest BCUT2D eigenvalue weighted by Gasteiger charge is -2.09. The molecular weight excluding hydrogens is 340 g/mol. The molecule has 0 atom stereocenters. The number of benzene rings is 1. The van der Waals surface area contributed by atoms with Gasteiger partial charge in [-0.05, 0) is 24.3 Å². The number of anilines is 2. The number of nitrogen functional groups attached to an aromatic ring is 2. The molecule has 4 rings (SSSR count). The van der Waals surface area contributed by atoms with Crippen molar-refractivity contribution in [2.75, 3.05) is 11.5 Å². The fraction of sp³-hybridized carbons (Fsp3) is 0.0588. The van der Waals surface area contributed by atoms with Crippen LogP contribution in [0, 0.1) is 11.6 Å². The minimum absolute atomic E-state index is 0.0192. The van der Waals surface area contributed by atoms with Gasteiger partial charge in [0.2, 0.25) is 5.95 Å². The summed E-state index contributed by atoms with van der Waals surface area (Å²) in [5.74, 6) is -1.44. The first-order chi connectivity index (χ1) is 12.5. The van der Waals surface area contributed by atoms with E-state index in [-0.39, 0.29) is 23.7 Å². The summed E-state index contributed by atoms with van der Waals surface area (Å²) in [6, 6.07) is 5.67. The Balaban J connectivity index is 1.85. The molecule has 0 fully saturated rings. The van der Waals surface area contributed by atoms with Crippen molar-refractivity contribution in [2.24, 2.45) is 0 Å². The van der Waals surface area contributed by atoms with Gasteiger partial charge < -0.3 is 16.0 Å². The van der Waals surface area contributed by atoms with E-state index in [9.17, 15) is 8.78 Å². The zero-order valence-electron chi connectivity index (χ0n) is 13.4. The quantitative estimate of drug-likeness (QED) is 0.548. The van der Waals surface area contributed by atoms with E-state index in [0.717, 1.165) is 17.7 Å². The van der Waals surface area contributed by atoms with E-state index in [2.05, 4.69) is 19.9 Å². The van der Waals surface area contributed by atoms with Gasteiger partial charge in [-0.2, -0.15) is 4.98 Å². The number of hydrogen-bond donors (Lipinski definition) is 2. The zero-order valence-corrected chi connectivity index (χ0v) is 13.4. The van der Waals surface area contributed by atoms with Crippen molar-refractivity contribution in [1.29, 1.82) is 0 Å². The van der Waals surface area contributed by atoms with E-state index in [1.165, 1.54) is 10.9 Å². The Hall–Kier alpha value is -3.62. The number of nitrogens with zero attached hydrogens (tertiary/aromatic N) is 5. The van der Waals surface area contributed by atoms with Crippen LogP contribution >= 0.6 is 0 Å². The first kappa shape index (κ1) is 15.9. The number of fused-ring (bicyclic) bond motifs is 1. The van der Waals surface area contributed by atoms with Crippen molar-refractivity contribution in [3.05, 3.63) is 60.2 Å². The van der Waals surface area contributed by atoms with Crippen molar-refractivity contribution in [3.8, 4) is 11.3 Å². The Kier molecular flexibility index (Phi) is 3.68. The predicted molar refractivity (Wildman–Crippen MR) is 92.8 cm³/mol. The van der Waals surface area contributed by atoms with Gasteiger partial charge in [-0.25, -0.2) is 18.7 Å². The molecule has 3 heterocycles. The molecular formula is C17H13F2N7. The largest absolute Gasteiger partial charge is 0.399 e. The number of hydrogen-bond acceptors (Lipinski definition) is 6. The summed E-state index contributed by atoms with van der Waals surface area (Å²) < 4.78 is 29.7. The molecule has 9 heteroatoms. The van der Waals surface area contributed by atoms with Crippen LogP contribution in [0.15, 0.2) is 43.0 Å². The molecule has 4 aromatic rings. The van der Waals surface area contributed by atoms with Gasteiger partial charge in [0.15, 0.2) is 5.65 Å². The summed E-state index contributed by atoms with van der Waals surface area (Å²) in [5.41, 5.74) is 13.3. The fourth-order valence-corrected chi connectivity index (χ4v) is 2.73. The first-order valence-corrected chi connectivity index (χ1v) is 7.65. The summed E-state index contributed by atoms with van der Waals surface area (Å²) in [6.07, 6.45) is 4.68. The molecule has 7 nitrogen and oxygen atoms in total. The molecule has 0 unspecified atom stereocenters. The third kappa shape index (κ3) is 2.69. The second-order valence-corrected chi connectivity index (χ2v) is 5.67. The van der Waals surface area contributed by atoms with Crippen LogP contribution in [0.1, 0.15) is 5.56 Å². The van der Waals surface area contributed by atoms with Crippen LogP contribution in [0.3, 0.4) is 0 Å². The topological polar surface area (TPSA) is 109 Å². The third-order valence-corrected chi connectivity index (χ3v) is 3.93. The van der Waals surface area contributed by atoms with Gasteiger partial charge in [-0.3, -0.25) is 4.98 Å². The van der Waals surface area contributed by atoms with E-state index in [0.29, 0.717) is 16.9 Å². The van der Waals surface area contributed by atoms with Crippen LogP contribution in [0.2, 0.25) is 0 Å². The van der Waals surface area contributed by atoms with Gasteiger partial charge in [0.25, 0.3) is 0 Å². The number of rotatable bonds is 3. The monoisotopic (exact) mass is 353 g/mol. The molecule has 0 amide bonds. The van der Waals surface area contributed by atoms with Gasteiger partial charge in [-0.1, -0.05) is 0 Å². The van der Waals surface area contributed by atoms with E-state index in [4.69, 9.17) is 11.5 Å². The molecule has 26 heavy (non-hydrogen) atoms. The van der Waals surface area contributed by atoms with Gasteiger partial charge in [-0.15, -0.1) is 0 Å². The van der Waals surface area contributed by atoms with Crippen molar-refractivity contribution < 1.29 is 8.78 Å². The lowest BCUT2D eigenvalue weighted by atomic mass is 10.1. The summed E-state index contributed by atoms with van der Waals surface area (Å²) in [6.45, 7) is -0.110. The SMILES string of the molecule is Nc1cc(F)c(Cn2cnc3c(-c4ccncc4)nc(N)nc32)c(F)c1. The van der Waals surface area contributed by atoms with E-state index in [1.54, 1.807) is 24.5 Å². The molecule has 130 valence electrons. The van der Waals surface area contributed by atoms with Gasteiger partial charge in [0, 0.05) is 29.2 Å². The van der Waals surface area contributed by atoms with Crippen LogP contribution in [-0.4, -0.2) is 24.5 Å². The molecule has 0 saturated heterocycles. The Morgan fingerprint density at radius 3 is 2.38 bits per heavy atom. The molecule has 1 aromatic carbocycles. The van der Waals surface area contributed by atoms with Crippen molar-refractivity contribution in [1.82, 2.24) is 24.5 Å². The Morgan fingerprint density at radius 2 is 1.69 bits per heavy atom. The molecule has 3 aromatic heterocycles. The summed E-state index contributed by atoms with van der Waals surface area (Å²) >= 11 is 0. The number of nitrogens with two attached hydrogens (primary N) is 2. The lowest BCUT2D eigenvalue weighted by molar-refractivity contribution is 0.547. The standard InChI is InChI=1S/C17H13F2N7/c18-12-5-10(20)6-13(19)11(12)7-26-8-23-15-14(9-1-3-22-4-2-9)24-17(21)25-16(15)26/h1-6,8H,7,20H2,(H2,21,24,25). The molecule has 0 radical (unpaired) electrons. The zero-order chi connectivity index (χ0) is 18.3. The number of pyridine rings is 1. The second-order valence-electron chi connectivity index (χ2n) is 5.67. The second kappa shape index (κ2) is 6.03. The summed E-state index contributed by atoms with van der Waals surface area (Å²) in [5, 5.41) is 0. The van der Waals surface area contributed by atoms with Gasteiger partial charge in [0.05, 0.1) is 12.9 Å². The average molecular weight is 353 g/mol. The van der Waals surface area contributed by atoms with E-state index in [1.807, 2.05) is 0 Å². The van der Waals surface area contributed by atoms with Crippen LogP contribution in [-0.2, 0) is 6.54 Å². The van der Waals surface area contributed by atoms with Crippen LogP contribution < -0.4 is 11.5 Å². The van der Waals surface area contributed by atoms with Gasteiger partial charge >= 0.3 is 0 Å². The highest BCUT2D eigenvalue weighted by Gasteiger charge is 2.17. The highest BCUT2D eigenvalue weighted by molar-refractivity contribution is 5.88. The molecule has 0 aliphatic heterocycles. The Bertz CT molecular complexity index is 1090. The minimum Gasteiger partial charge on any atom is -0.399 e. The van der Waals surface area contributed by atoms with Crippen molar-refractivity contribution in [3.63, 3.8) is 0 Å². The molecule has 4 N–H and O–H groups in total. The van der Waals surface area contributed by atoms with Crippen molar-refractivity contribution >= 4 is 22.8 Å². The number of aromatic nitrogens is 5. The summed E-state index contributed by atoms with van der Waals surface area (Å²) in [4.78, 5) is 16.7. The Morgan fingerprint density at radius 1 is 1.00 bits per heavy atom. The first-order valence-electron chi connectivity index (χ1n) is 7.65. The maximum atomic E-state index is 14.1. The third-order valence-electron chi connectivity index (χ3n) is 3.93. The Labute approximate surface area is 146 Å². The molecule has 0 aliphatic rings. The highest BCUT2D eigenvalue weighted by Crippen LogP contribution is 2.26. The molecule has 0 aliphatic carbocycles. The highest BCUT2D eigenvalue weighted by atomic mass is 19.1. The normalized spacial score (nSPS) is 11.2. The predicted octanol–water partition coefficient (Wildman–Crippen LogP) is 2.38. The maximum absolute atomic E-state index is 14.1. The molecule has 0 bridgehead atoms. The average Bonchev–Trinajstić information content (AvgIpc) is 3.00. The van der Waals surface area contributed by atoms with Gasteiger partial charge in [0.1, 0.15) is 22.8 Å². The maximum Gasteiger partial charge on any atom is 0.222 e. The minimum atomic E-state index is -0.735. The van der Waals surface area contributed by atoms with Crippen molar-refractivity contribution in [2.45, 2.75) is 6.54 Å². The summed E-state index contributed by atoms with van der Waals surface area (Å²) in [7, 11) is 0. The van der Waals surface area contributed by atoms with Crippen LogP contribution in [0.4, 0.5) is 20.4 Å². The number of imidazole rings is 1. The lowest BCUT2D eigenvalue weighted by Crippen LogP contribution is -2.07. The molecule has 0 saturated carbocycles. The fourth-order valence-electron chi connectivity index (χ4n) is 2.73.